The summed E-state index contributed by atoms with van der Waals surface area (Å²) in [4.78, 5) is 15.8. The maximum atomic E-state index is 14.3. The predicted octanol–water partition coefficient (Wildman–Crippen LogP) is 4.85. The Morgan fingerprint density at radius 1 is 0.893 bits per heavy atom. The van der Waals surface area contributed by atoms with Gasteiger partial charge in [-0.1, -0.05) is 6.07 Å². The number of rotatable bonds is 3. The summed E-state index contributed by atoms with van der Waals surface area (Å²) in [5.41, 5.74) is 2.30. The van der Waals surface area contributed by atoms with E-state index in [2.05, 4.69) is 9.88 Å². The molecule has 6 heteroatoms. The van der Waals surface area contributed by atoms with Crippen LogP contribution in [0, 0.1) is 11.6 Å². The van der Waals surface area contributed by atoms with Gasteiger partial charge >= 0.3 is 0 Å². The largest absolute Gasteiger partial charge is 0.356 e. The Hall–Kier alpha value is -3.41. The molecule has 138 valence electrons. The summed E-state index contributed by atoms with van der Waals surface area (Å²) in [5, 5.41) is 0.896. The van der Waals surface area contributed by atoms with Crippen LogP contribution < -0.4 is 4.90 Å². The second kappa shape index (κ2) is 6.64. The molecule has 4 nitrogen and oxygen atoms in total. The smallest absolute Gasteiger partial charge is 0.163 e. The molecule has 0 bridgehead atoms. The quantitative estimate of drug-likeness (QED) is 0.514. The fraction of sp³-hybridized carbons (Fsp3) is 0.136. The van der Waals surface area contributed by atoms with Crippen LogP contribution in [-0.2, 0) is 0 Å². The minimum Gasteiger partial charge on any atom is -0.356 e. The number of hydrogen-bond donors (Lipinski definition) is 0. The molecule has 1 aliphatic heterocycles. The molecule has 1 aliphatic rings. The molecule has 0 spiro atoms. The van der Waals surface area contributed by atoms with Crippen molar-refractivity contribution < 1.29 is 8.78 Å². The van der Waals surface area contributed by atoms with Crippen LogP contribution in [0.2, 0.25) is 0 Å². The Labute approximate surface area is 160 Å². The third-order valence-corrected chi connectivity index (χ3v) is 4.99. The second-order valence-electron chi connectivity index (χ2n) is 6.81. The van der Waals surface area contributed by atoms with Crippen molar-refractivity contribution in [2.45, 2.75) is 6.42 Å². The molecule has 1 fully saturated rings. The lowest BCUT2D eigenvalue weighted by Gasteiger charge is -2.33. The fourth-order valence-electron chi connectivity index (χ4n) is 3.39. The Morgan fingerprint density at radius 3 is 2.54 bits per heavy atom. The summed E-state index contributed by atoms with van der Waals surface area (Å²) >= 11 is 0. The molecule has 5 rings (SSSR count). The van der Waals surface area contributed by atoms with Crippen molar-refractivity contribution in [2.75, 3.05) is 18.0 Å². The van der Waals surface area contributed by atoms with Gasteiger partial charge < -0.3 is 4.90 Å². The molecule has 0 amide bonds. The Kier molecular flexibility index (Phi) is 3.97. The van der Waals surface area contributed by atoms with Crippen molar-refractivity contribution in [1.29, 1.82) is 0 Å². The molecule has 2 aromatic carbocycles. The number of pyridine rings is 1. The van der Waals surface area contributed by atoms with Crippen LogP contribution >= 0.6 is 0 Å². The van der Waals surface area contributed by atoms with E-state index in [1.54, 1.807) is 24.5 Å². The number of aromatic nitrogens is 3. The summed E-state index contributed by atoms with van der Waals surface area (Å²) in [6.07, 6.45) is 4.54. The highest BCUT2D eigenvalue weighted by Crippen LogP contribution is 2.33. The maximum absolute atomic E-state index is 14.3. The lowest BCUT2D eigenvalue weighted by molar-refractivity contribution is 0.603. The van der Waals surface area contributed by atoms with Gasteiger partial charge in [-0.05, 0) is 54.4 Å². The van der Waals surface area contributed by atoms with E-state index in [4.69, 9.17) is 9.97 Å². The van der Waals surface area contributed by atoms with E-state index < -0.39 is 11.6 Å². The number of nitrogens with zero attached hydrogens (tertiary/aromatic N) is 4. The number of anilines is 1. The van der Waals surface area contributed by atoms with Gasteiger partial charge in [0, 0.05) is 42.0 Å². The summed E-state index contributed by atoms with van der Waals surface area (Å²) in [6, 6.07) is 12.7. The van der Waals surface area contributed by atoms with Gasteiger partial charge in [-0.25, -0.2) is 18.7 Å². The first-order valence-corrected chi connectivity index (χ1v) is 9.11. The van der Waals surface area contributed by atoms with E-state index in [1.165, 1.54) is 6.07 Å². The Bertz CT molecular complexity index is 1170. The van der Waals surface area contributed by atoms with Crippen molar-refractivity contribution in [1.82, 2.24) is 15.0 Å². The molecule has 1 saturated heterocycles. The van der Waals surface area contributed by atoms with Crippen molar-refractivity contribution >= 4 is 16.7 Å². The van der Waals surface area contributed by atoms with Gasteiger partial charge in [-0.2, -0.15) is 0 Å². The third-order valence-electron chi connectivity index (χ3n) is 4.99. The molecule has 0 saturated carbocycles. The van der Waals surface area contributed by atoms with Gasteiger partial charge in [0.25, 0.3) is 0 Å². The highest BCUT2D eigenvalue weighted by Gasteiger charge is 2.21. The second-order valence-corrected chi connectivity index (χ2v) is 6.81. The standard InChI is InChI=1S/C22H16F2N4/c23-16-5-7-19(24)18(12-16)14-4-6-17-20(11-14)26-21(15-3-1-8-25-13-15)27-22(17)28-9-2-10-28/h1,3-8,11-13H,2,9-10H2. The molecule has 0 aliphatic carbocycles. The zero-order chi connectivity index (χ0) is 19.1. The molecule has 0 radical (unpaired) electrons. The van der Waals surface area contributed by atoms with Crippen LogP contribution in [0.5, 0.6) is 0 Å². The predicted molar refractivity (Wildman–Crippen MR) is 105 cm³/mol. The molecule has 0 N–H and O–H groups in total. The molecule has 2 aromatic heterocycles. The van der Waals surface area contributed by atoms with Crippen molar-refractivity contribution in [3.63, 3.8) is 0 Å². The lowest BCUT2D eigenvalue weighted by atomic mass is 10.0. The van der Waals surface area contributed by atoms with Gasteiger partial charge in [0.15, 0.2) is 5.82 Å². The van der Waals surface area contributed by atoms with Crippen LogP contribution in [0.25, 0.3) is 33.4 Å². The lowest BCUT2D eigenvalue weighted by Crippen LogP contribution is -2.37. The number of fused-ring (bicyclic) bond motifs is 1. The van der Waals surface area contributed by atoms with Crippen LogP contribution in [0.4, 0.5) is 14.6 Å². The van der Waals surface area contributed by atoms with Gasteiger partial charge in [-0.15, -0.1) is 0 Å². The summed E-state index contributed by atoms with van der Waals surface area (Å²) < 4.78 is 27.9. The number of hydrogen-bond acceptors (Lipinski definition) is 4. The molecule has 0 atom stereocenters. The maximum Gasteiger partial charge on any atom is 0.163 e. The first-order valence-electron chi connectivity index (χ1n) is 9.11. The topological polar surface area (TPSA) is 41.9 Å². The zero-order valence-corrected chi connectivity index (χ0v) is 14.9. The molecule has 3 heterocycles. The summed E-state index contributed by atoms with van der Waals surface area (Å²) in [6.45, 7) is 1.89. The normalized spacial score (nSPS) is 13.6. The fourth-order valence-corrected chi connectivity index (χ4v) is 3.39. The number of halogens is 2. The highest BCUT2D eigenvalue weighted by atomic mass is 19.1. The van der Waals surface area contributed by atoms with Crippen molar-refractivity contribution in [2.24, 2.45) is 0 Å². The average Bonchev–Trinajstić information content (AvgIpc) is 2.68. The van der Waals surface area contributed by atoms with Crippen molar-refractivity contribution in [3.05, 3.63) is 72.6 Å². The molecule has 28 heavy (non-hydrogen) atoms. The Morgan fingerprint density at radius 2 is 1.79 bits per heavy atom. The first-order chi connectivity index (χ1) is 13.7. The van der Waals surface area contributed by atoms with E-state index in [0.717, 1.165) is 48.4 Å². The van der Waals surface area contributed by atoms with Crippen molar-refractivity contribution in [3.8, 4) is 22.5 Å². The minimum absolute atomic E-state index is 0.217. The van der Waals surface area contributed by atoms with E-state index in [9.17, 15) is 8.78 Å². The van der Waals surface area contributed by atoms with Crippen LogP contribution in [0.15, 0.2) is 60.9 Å². The summed E-state index contributed by atoms with van der Waals surface area (Å²) in [5.74, 6) is 0.488. The van der Waals surface area contributed by atoms with E-state index in [-0.39, 0.29) is 5.56 Å². The van der Waals surface area contributed by atoms with Crippen LogP contribution in [-0.4, -0.2) is 28.0 Å². The van der Waals surface area contributed by atoms with E-state index >= 15 is 0 Å². The minimum atomic E-state index is -0.475. The third kappa shape index (κ3) is 2.87. The van der Waals surface area contributed by atoms with Gasteiger partial charge in [0.05, 0.1) is 5.52 Å². The van der Waals surface area contributed by atoms with Gasteiger partial charge in [0.1, 0.15) is 17.5 Å². The number of benzene rings is 2. The average molecular weight is 374 g/mol. The highest BCUT2D eigenvalue weighted by molar-refractivity contribution is 5.94. The van der Waals surface area contributed by atoms with Crippen LogP contribution in [0.1, 0.15) is 6.42 Å². The van der Waals surface area contributed by atoms with Crippen LogP contribution in [0.3, 0.4) is 0 Å². The SMILES string of the molecule is Fc1ccc(F)c(-c2ccc3c(N4CCC4)nc(-c4cccnc4)nc3c2)c1. The van der Waals surface area contributed by atoms with Gasteiger partial charge in [-0.3, -0.25) is 4.98 Å². The van der Waals surface area contributed by atoms with E-state index in [0.29, 0.717) is 16.9 Å². The zero-order valence-electron chi connectivity index (χ0n) is 14.9. The monoisotopic (exact) mass is 374 g/mol. The molecular weight excluding hydrogens is 358 g/mol. The van der Waals surface area contributed by atoms with E-state index in [1.807, 2.05) is 18.2 Å². The summed E-state index contributed by atoms with van der Waals surface area (Å²) in [7, 11) is 0. The molecule has 0 unspecified atom stereocenters. The molecular formula is C22H16F2N4. The first kappa shape index (κ1) is 16.7. The Balaban J connectivity index is 1.72. The molecule has 4 aromatic rings. The van der Waals surface area contributed by atoms with Gasteiger partial charge in [0.2, 0.25) is 0 Å².